The molecule has 1 aromatic carbocycles. The van der Waals surface area contributed by atoms with Crippen LogP contribution < -0.4 is 9.47 Å². The highest BCUT2D eigenvalue weighted by atomic mass is 16.5. The first-order valence-electron chi connectivity index (χ1n) is 10.4. The molecule has 170 valence electrons. The fraction of sp³-hybridized carbons (Fsp3) is 0.250. The van der Waals surface area contributed by atoms with E-state index < -0.39 is 17.7 Å². The minimum absolute atomic E-state index is 0.0233. The Kier molecular flexibility index (Phi) is 6.39. The molecule has 1 aliphatic heterocycles. The topological polar surface area (TPSA) is 107 Å². The predicted octanol–water partition coefficient (Wildman–Crippen LogP) is 2.81. The third kappa shape index (κ3) is 4.30. The standard InChI is InChI=1S/C24H24N4O5/c1-32-16-7-8-17(19(14-16)33-2)22(29)20-21(18-6-3-4-9-26-18)28(24(31)23(20)30)12-5-11-27-13-10-25-15-27/h3-4,6-10,13-15,21,29H,5,11-12H2,1-2H3/b22-20+. The summed E-state index contributed by atoms with van der Waals surface area (Å²) in [7, 11) is 2.97. The lowest BCUT2D eigenvalue weighted by molar-refractivity contribution is -0.140. The van der Waals surface area contributed by atoms with Crippen LogP contribution in [0.15, 0.2) is 66.9 Å². The number of methoxy groups -OCH3 is 2. The van der Waals surface area contributed by atoms with Gasteiger partial charge in [-0.15, -0.1) is 0 Å². The molecular weight excluding hydrogens is 424 g/mol. The van der Waals surface area contributed by atoms with Crippen molar-refractivity contribution in [1.29, 1.82) is 0 Å². The number of imidazole rings is 1. The number of carbonyl (C=O) groups is 2. The van der Waals surface area contributed by atoms with Crippen LogP contribution in [0.1, 0.15) is 23.7 Å². The van der Waals surface area contributed by atoms with E-state index >= 15 is 0 Å². The van der Waals surface area contributed by atoms with E-state index in [1.165, 1.54) is 19.1 Å². The van der Waals surface area contributed by atoms with E-state index in [4.69, 9.17) is 9.47 Å². The number of Topliss-reactive ketones (excluding diaryl/α,β-unsaturated/α-hetero) is 1. The maximum atomic E-state index is 13.1. The first-order chi connectivity index (χ1) is 16.0. The number of aryl methyl sites for hydroxylation is 1. The van der Waals surface area contributed by atoms with E-state index in [9.17, 15) is 14.7 Å². The van der Waals surface area contributed by atoms with Crippen molar-refractivity contribution < 1.29 is 24.2 Å². The summed E-state index contributed by atoms with van der Waals surface area (Å²) in [5.74, 6) is -0.905. The molecule has 0 aliphatic carbocycles. The molecule has 3 aromatic rings. The van der Waals surface area contributed by atoms with Crippen LogP contribution in [0.5, 0.6) is 11.5 Å². The predicted molar refractivity (Wildman–Crippen MR) is 120 cm³/mol. The summed E-state index contributed by atoms with van der Waals surface area (Å²) in [6, 6.07) is 9.29. The summed E-state index contributed by atoms with van der Waals surface area (Å²) in [6.45, 7) is 0.935. The van der Waals surface area contributed by atoms with E-state index in [1.54, 1.807) is 55.1 Å². The largest absolute Gasteiger partial charge is 0.507 e. The van der Waals surface area contributed by atoms with Crippen LogP contribution in [0.25, 0.3) is 5.76 Å². The Morgan fingerprint density at radius 3 is 2.61 bits per heavy atom. The minimum Gasteiger partial charge on any atom is -0.507 e. The van der Waals surface area contributed by atoms with Crippen LogP contribution in [-0.2, 0) is 16.1 Å². The number of pyridine rings is 1. The van der Waals surface area contributed by atoms with Crippen LogP contribution in [-0.4, -0.2) is 57.0 Å². The zero-order chi connectivity index (χ0) is 23.4. The quantitative estimate of drug-likeness (QED) is 0.321. The lowest BCUT2D eigenvalue weighted by Crippen LogP contribution is -2.31. The molecule has 0 saturated carbocycles. The van der Waals surface area contributed by atoms with Crippen molar-refractivity contribution >= 4 is 17.4 Å². The number of nitrogens with zero attached hydrogens (tertiary/aromatic N) is 4. The molecular formula is C24H24N4O5. The van der Waals surface area contributed by atoms with Gasteiger partial charge in [-0.05, 0) is 30.7 Å². The van der Waals surface area contributed by atoms with E-state index in [2.05, 4.69) is 9.97 Å². The highest BCUT2D eigenvalue weighted by molar-refractivity contribution is 6.46. The molecule has 9 heteroatoms. The van der Waals surface area contributed by atoms with Gasteiger partial charge in [-0.2, -0.15) is 0 Å². The van der Waals surface area contributed by atoms with Gasteiger partial charge in [0.25, 0.3) is 11.7 Å². The van der Waals surface area contributed by atoms with Gasteiger partial charge in [0, 0.05) is 37.7 Å². The smallest absolute Gasteiger partial charge is 0.295 e. The van der Waals surface area contributed by atoms with Crippen molar-refractivity contribution in [3.8, 4) is 11.5 Å². The number of amides is 1. The van der Waals surface area contributed by atoms with Gasteiger partial charge >= 0.3 is 0 Å². The normalized spacial score (nSPS) is 17.4. The van der Waals surface area contributed by atoms with Crippen LogP contribution in [0, 0.1) is 0 Å². The Bertz CT molecular complexity index is 1170. The van der Waals surface area contributed by atoms with E-state index in [1.807, 2.05) is 10.8 Å². The summed E-state index contributed by atoms with van der Waals surface area (Å²) >= 11 is 0. The Morgan fingerprint density at radius 2 is 1.94 bits per heavy atom. The van der Waals surface area contributed by atoms with Crippen molar-refractivity contribution in [2.75, 3.05) is 20.8 Å². The monoisotopic (exact) mass is 448 g/mol. The number of ether oxygens (including phenoxy) is 2. The van der Waals surface area contributed by atoms with Gasteiger partial charge in [0.2, 0.25) is 0 Å². The van der Waals surface area contributed by atoms with Crippen LogP contribution in [0.3, 0.4) is 0 Å². The number of aliphatic hydroxyl groups is 1. The number of rotatable bonds is 8. The van der Waals surface area contributed by atoms with Gasteiger partial charge in [0.05, 0.1) is 37.4 Å². The molecule has 1 fully saturated rings. The Hall–Kier alpha value is -4.14. The molecule has 4 rings (SSSR count). The molecule has 2 aromatic heterocycles. The molecule has 1 atom stereocenters. The molecule has 1 amide bonds. The third-order valence-corrected chi connectivity index (χ3v) is 5.55. The summed E-state index contributed by atoms with van der Waals surface area (Å²) in [5, 5.41) is 11.2. The molecule has 9 nitrogen and oxygen atoms in total. The number of aliphatic hydroxyl groups excluding tert-OH is 1. The Labute approximate surface area is 190 Å². The molecule has 33 heavy (non-hydrogen) atoms. The van der Waals surface area contributed by atoms with Gasteiger partial charge in [-0.1, -0.05) is 6.07 Å². The fourth-order valence-electron chi connectivity index (χ4n) is 3.94. The summed E-state index contributed by atoms with van der Waals surface area (Å²) < 4.78 is 12.5. The lowest BCUT2D eigenvalue weighted by Gasteiger charge is -2.24. The summed E-state index contributed by atoms with van der Waals surface area (Å²) in [6.07, 6.45) is 7.40. The Balaban J connectivity index is 1.75. The van der Waals surface area contributed by atoms with Crippen LogP contribution in [0.4, 0.5) is 0 Å². The van der Waals surface area contributed by atoms with Gasteiger partial charge in [0.15, 0.2) is 0 Å². The molecule has 0 spiro atoms. The van der Waals surface area contributed by atoms with Crippen molar-refractivity contribution in [2.24, 2.45) is 0 Å². The number of ketones is 1. The van der Waals surface area contributed by atoms with Crippen LogP contribution in [0.2, 0.25) is 0 Å². The van der Waals surface area contributed by atoms with E-state index in [-0.39, 0.29) is 16.9 Å². The summed E-state index contributed by atoms with van der Waals surface area (Å²) in [4.78, 5) is 36.0. The zero-order valence-corrected chi connectivity index (χ0v) is 18.3. The van der Waals surface area contributed by atoms with Crippen molar-refractivity contribution in [1.82, 2.24) is 19.4 Å². The summed E-state index contributed by atoms with van der Waals surface area (Å²) in [5.41, 5.74) is 0.758. The second kappa shape index (κ2) is 9.56. The minimum atomic E-state index is -0.819. The second-order valence-electron chi connectivity index (χ2n) is 7.47. The number of hydrogen-bond donors (Lipinski definition) is 1. The molecule has 1 aliphatic rings. The van der Waals surface area contributed by atoms with Gasteiger partial charge < -0.3 is 24.0 Å². The molecule has 0 bridgehead atoms. The Morgan fingerprint density at radius 1 is 1.09 bits per heavy atom. The average molecular weight is 448 g/mol. The van der Waals surface area contributed by atoms with Crippen molar-refractivity contribution in [3.05, 3.63) is 78.1 Å². The molecule has 1 unspecified atom stereocenters. The average Bonchev–Trinajstić information content (AvgIpc) is 3.46. The number of benzene rings is 1. The van der Waals surface area contributed by atoms with Gasteiger partial charge in [-0.25, -0.2) is 4.98 Å². The fourth-order valence-corrected chi connectivity index (χ4v) is 3.94. The molecule has 3 heterocycles. The van der Waals surface area contributed by atoms with E-state index in [0.29, 0.717) is 36.7 Å². The zero-order valence-electron chi connectivity index (χ0n) is 18.3. The molecule has 1 saturated heterocycles. The molecule has 1 N–H and O–H groups in total. The van der Waals surface area contributed by atoms with Crippen LogP contribution >= 0.6 is 0 Å². The van der Waals surface area contributed by atoms with Gasteiger partial charge in [-0.3, -0.25) is 14.6 Å². The number of likely N-dealkylation sites (tertiary alicyclic amines) is 1. The maximum Gasteiger partial charge on any atom is 0.295 e. The first kappa shape index (κ1) is 22.1. The molecule has 0 radical (unpaired) electrons. The first-order valence-corrected chi connectivity index (χ1v) is 10.4. The SMILES string of the molecule is COc1ccc(/C(O)=C2\C(=O)C(=O)N(CCCn3ccnc3)C2c2ccccn2)c(OC)c1. The second-order valence-corrected chi connectivity index (χ2v) is 7.47. The van der Waals surface area contributed by atoms with Crippen molar-refractivity contribution in [3.63, 3.8) is 0 Å². The van der Waals surface area contributed by atoms with E-state index in [0.717, 1.165) is 0 Å². The maximum absolute atomic E-state index is 13.1. The number of hydrogen-bond acceptors (Lipinski definition) is 7. The number of carbonyl (C=O) groups excluding carboxylic acids is 2. The van der Waals surface area contributed by atoms with Gasteiger partial charge in [0.1, 0.15) is 23.3 Å². The highest BCUT2D eigenvalue weighted by Gasteiger charge is 2.46. The number of aromatic nitrogens is 3. The highest BCUT2D eigenvalue weighted by Crippen LogP contribution is 2.40. The lowest BCUT2D eigenvalue weighted by atomic mass is 9.97. The third-order valence-electron chi connectivity index (χ3n) is 5.55. The van der Waals surface area contributed by atoms with Crippen molar-refractivity contribution in [2.45, 2.75) is 19.0 Å².